The fourth-order valence-corrected chi connectivity index (χ4v) is 2.62. The Hall–Kier alpha value is -2.74. The third kappa shape index (κ3) is 4.63. The van der Waals surface area contributed by atoms with Gasteiger partial charge in [-0.05, 0) is 54.3 Å². The van der Waals surface area contributed by atoms with Gasteiger partial charge in [-0.1, -0.05) is 55.5 Å². The quantitative estimate of drug-likeness (QED) is 0.577. The van der Waals surface area contributed by atoms with Gasteiger partial charge in [-0.3, -0.25) is 0 Å². The number of rotatable bonds is 7. The van der Waals surface area contributed by atoms with Gasteiger partial charge in [0.05, 0.1) is 6.61 Å². The summed E-state index contributed by atoms with van der Waals surface area (Å²) in [7, 11) is 0. The molecule has 122 valence electrons. The van der Waals surface area contributed by atoms with Gasteiger partial charge in [-0.25, -0.2) is 0 Å². The minimum atomic E-state index is 0.505. The molecule has 0 saturated heterocycles. The molecule has 0 bridgehead atoms. The van der Waals surface area contributed by atoms with Gasteiger partial charge >= 0.3 is 0 Å². The first-order chi connectivity index (χ1) is 11.8. The molecule has 1 N–H and O–H groups in total. The second-order valence-corrected chi connectivity index (χ2v) is 5.96. The molecule has 0 heterocycles. The van der Waals surface area contributed by atoms with E-state index in [0.29, 0.717) is 5.92 Å². The van der Waals surface area contributed by atoms with E-state index in [1.54, 1.807) is 0 Å². The molecule has 0 aliphatic heterocycles. The molecule has 2 nitrogen and oxygen atoms in total. The summed E-state index contributed by atoms with van der Waals surface area (Å²) in [6.07, 6.45) is 1.01. The zero-order valence-electron chi connectivity index (χ0n) is 14.0. The lowest BCUT2D eigenvalue weighted by atomic mass is 9.98. The summed E-state index contributed by atoms with van der Waals surface area (Å²) in [5.41, 5.74) is 3.51. The van der Waals surface area contributed by atoms with Gasteiger partial charge in [0.15, 0.2) is 0 Å². The van der Waals surface area contributed by atoms with E-state index >= 15 is 0 Å². The van der Waals surface area contributed by atoms with Crippen molar-refractivity contribution in [1.29, 1.82) is 0 Å². The number of benzene rings is 3. The van der Waals surface area contributed by atoms with E-state index in [1.807, 2.05) is 42.5 Å². The summed E-state index contributed by atoms with van der Waals surface area (Å²) in [5.74, 6) is 1.42. The van der Waals surface area contributed by atoms with Gasteiger partial charge in [0.25, 0.3) is 0 Å². The molecular formula is C22H23NO. The predicted molar refractivity (Wildman–Crippen MR) is 101 cm³/mol. The highest BCUT2D eigenvalue weighted by atomic mass is 16.5. The standard InChI is InChI=1S/C22H23NO/c1-18(19-8-4-2-5-9-19)16-17-24-22-14-12-21(13-15-22)23-20-10-6-3-7-11-20/h2-15,18,23H,16-17H2,1H3. The lowest BCUT2D eigenvalue weighted by Gasteiger charge is -2.13. The average molecular weight is 317 g/mol. The maximum Gasteiger partial charge on any atom is 0.119 e. The molecule has 0 amide bonds. The fraction of sp³-hybridized carbons (Fsp3) is 0.182. The Morgan fingerprint density at radius 3 is 2.00 bits per heavy atom. The number of hydrogen-bond donors (Lipinski definition) is 1. The van der Waals surface area contributed by atoms with E-state index in [1.165, 1.54) is 5.56 Å². The summed E-state index contributed by atoms with van der Waals surface area (Å²) < 4.78 is 5.88. The third-order valence-corrected chi connectivity index (χ3v) is 4.10. The number of para-hydroxylation sites is 1. The highest BCUT2D eigenvalue weighted by molar-refractivity contribution is 5.59. The summed E-state index contributed by atoms with van der Waals surface area (Å²) in [6.45, 7) is 2.97. The van der Waals surface area contributed by atoms with Gasteiger partial charge in [0.1, 0.15) is 5.75 Å². The summed E-state index contributed by atoms with van der Waals surface area (Å²) in [4.78, 5) is 0. The molecule has 0 fully saturated rings. The highest BCUT2D eigenvalue weighted by Gasteiger charge is 2.05. The minimum absolute atomic E-state index is 0.505. The van der Waals surface area contributed by atoms with E-state index in [9.17, 15) is 0 Å². The Labute approximate surface area is 144 Å². The van der Waals surface area contributed by atoms with Gasteiger partial charge in [0, 0.05) is 11.4 Å². The van der Waals surface area contributed by atoms with Crippen molar-refractivity contribution in [1.82, 2.24) is 0 Å². The van der Waals surface area contributed by atoms with Crippen molar-refractivity contribution in [3.63, 3.8) is 0 Å². The van der Waals surface area contributed by atoms with E-state index in [2.05, 4.69) is 54.7 Å². The van der Waals surface area contributed by atoms with Crippen LogP contribution in [0, 0.1) is 0 Å². The lowest BCUT2D eigenvalue weighted by molar-refractivity contribution is 0.301. The maximum absolute atomic E-state index is 5.88. The van der Waals surface area contributed by atoms with Crippen molar-refractivity contribution in [2.75, 3.05) is 11.9 Å². The summed E-state index contributed by atoms with van der Waals surface area (Å²) in [6, 6.07) is 28.9. The molecule has 1 unspecified atom stereocenters. The molecule has 3 aromatic carbocycles. The molecule has 0 saturated carbocycles. The number of nitrogens with one attached hydrogen (secondary N) is 1. The summed E-state index contributed by atoms with van der Waals surface area (Å²) >= 11 is 0. The van der Waals surface area contributed by atoms with Crippen LogP contribution in [0.1, 0.15) is 24.8 Å². The van der Waals surface area contributed by atoms with Crippen LogP contribution in [-0.2, 0) is 0 Å². The van der Waals surface area contributed by atoms with E-state index in [4.69, 9.17) is 4.74 Å². The van der Waals surface area contributed by atoms with E-state index < -0.39 is 0 Å². The first-order valence-corrected chi connectivity index (χ1v) is 8.41. The molecule has 1 atom stereocenters. The van der Waals surface area contributed by atoms with Crippen LogP contribution < -0.4 is 10.1 Å². The largest absolute Gasteiger partial charge is 0.494 e. The molecule has 3 aromatic rings. The van der Waals surface area contributed by atoms with Crippen molar-refractivity contribution in [3.05, 3.63) is 90.5 Å². The van der Waals surface area contributed by atoms with Crippen LogP contribution >= 0.6 is 0 Å². The Kier molecular flexibility index (Phi) is 5.52. The Morgan fingerprint density at radius 2 is 1.33 bits per heavy atom. The third-order valence-electron chi connectivity index (χ3n) is 4.10. The van der Waals surface area contributed by atoms with Crippen LogP contribution in [0.2, 0.25) is 0 Å². The SMILES string of the molecule is CC(CCOc1ccc(Nc2ccccc2)cc1)c1ccccc1. The fourth-order valence-electron chi connectivity index (χ4n) is 2.62. The molecule has 0 spiro atoms. The van der Waals surface area contributed by atoms with Crippen molar-refractivity contribution < 1.29 is 4.74 Å². The van der Waals surface area contributed by atoms with Crippen molar-refractivity contribution in [2.24, 2.45) is 0 Å². The summed E-state index contributed by atoms with van der Waals surface area (Å²) in [5, 5.41) is 3.37. The molecule has 0 aromatic heterocycles. The monoisotopic (exact) mass is 317 g/mol. The van der Waals surface area contributed by atoms with Crippen LogP contribution in [0.4, 0.5) is 11.4 Å². The average Bonchev–Trinajstić information content (AvgIpc) is 2.65. The topological polar surface area (TPSA) is 21.3 Å². The molecule has 3 rings (SSSR count). The smallest absolute Gasteiger partial charge is 0.119 e. The molecular weight excluding hydrogens is 294 g/mol. The lowest BCUT2D eigenvalue weighted by Crippen LogP contribution is -2.03. The highest BCUT2D eigenvalue weighted by Crippen LogP contribution is 2.22. The molecule has 0 aliphatic rings. The minimum Gasteiger partial charge on any atom is -0.494 e. The molecule has 2 heteroatoms. The Bertz CT molecular complexity index is 723. The number of ether oxygens (including phenoxy) is 1. The van der Waals surface area contributed by atoms with Crippen molar-refractivity contribution in [2.45, 2.75) is 19.3 Å². The van der Waals surface area contributed by atoms with E-state index in [0.717, 1.165) is 30.2 Å². The van der Waals surface area contributed by atoms with Crippen LogP contribution in [0.25, 0.3) is 0 Å². The van der Waals surface area contributed by atoms with E-state index in [-0.39, 0.29) is 0 Å². The number of hydrogen-bond acceptors (Lipinski definition) is 2. The van der Waals surface area contributed by atoms with Crippen LogP contribution in [0.5, 0.6) is 5.75 Å². The second-order valence-electron chi connectivity index (χ2n) is 5.96. The maximum atomic E-state index is 5.88. The van der Waals surface area contributed by atoms with Gasteiger partial charge in [-0.15, -0.1) is 0 Å². The molecule has 24 heavy (non-hydrogen) atoms. The first-order valence-electron chi connectivity index (χ1n) is 8.41. The number of anilines is 2. The van der Waals surface area contributed by atoms with Gasteiger partial charge in [-0.2, -0.15) is 0 Å². The first kappa shape index (κ1) is 16.1. The van der Waals surface area contributed by atoms with Crippen molar-refractivity contribution >= 4 is 11.4 Å². The Morgan fingerprint density at radius 1 is 0.750 bits per heavy atom. The predicted octanol–water partition coefficient (Wildman–Crippen LogP) is 6.00. The molecule has 0 radical (unpaired) electrons. The van der Waals surface area contributed by atoms with Crippen LogP contribution in [0.3, 0.4) is 0 Å². The molecule has 0 aliphatic carbocycles. The Balaban J connectivity index is 1.48. The zero-order chi connectivity index (χ0) is 16.6. The van der Waals surface area contributed by atoms with Gasteiger partial charge < -0.3 is 10.1 Å². The zero-order valence-corrected chi connectivity index (χ0v) is 14.0. The van der Waals surface area contributed by atoms with Crippen LogP contribution in [0.15, 0.2) is 84.9 Å². The second kappa shape index (κ2) is 8.21. The normalized spacial score (nSPS) is 11.7. The van der Waals surface area contributed by atoms with Gasteiger partial charge in [0.2, 0.25) is 0 Å². The van der Waals surface area contributed by atoms with Crippen molar-refractivity contribution in [3.8, 4) is 5.75 Å². The van der Waals surface area contributed by atoms with Crippen LogP contribution in [-0.4, -0.2) is 6.61 Å².